The van der Waals surface area contributed by atoms with Gasteiger partial charge in [0.15, 0.2) is 0 Å². The molecule has 19 heavy (non-hydrogen) atoms. The van der Waals surface area contributed by atoms with E-state index >= 15 is 0 Å². The van der Waals surface area contributed by atoms with Crippen LogP contribution in [0.15, 0.2) is 18.2 Å². The molecule has 0 aromatic heterocycles. The zero-order chi connectivity index (χ0) is 14.3. The maximum Gasteiger partial charge on any atom is 0.122 e. The first-order valence-corrected chi connectivity index (χ1v) is 7.15. The summed E-state index contributed by atoms with van der Waals surface area (Å²) in [5.74, 6) is 2.40. The fourth-order valence-corrected chi connectivity index (χ4v) is 2.06. The Hall–Kier alpha value is -1.22. The van der Waals surface area contributed by atoms with Gasteiger partial charge < -0.3 is 15.2 Å². The van der Waals surface area contributed by atoms with Crippen LogP contribution >= 0.6 is 0 Å². The molecular weight excluding hydrogens is 238 g/mol. The lowest BCUT2D eigenvalue weighted by Gasteiger charge is -2.17. The Morgan fingerprint density at radius 2 is 1.89 bits per heavy atom. The van der Waals surface area contributed by atoms with Crippen molar-refractivity contribution in [3.8, 4) is 11.5 Å². The third-order valence-corrected chi connectivity index (χ3v) is 3.44. The third-order valence-electron chi connectivity index (χ3n) is 3.44. The number of methoxy groups -OCH3 is 1. The fraction of sp³-hybridized carbons (Fsp3) is 0.625. The third kappa shape index (κ3) is 5.11. The van der Waals surface area contributed by atoms with Gasteiger partial charge in [0.05, 0.1) is 13.7 Å². The van der Waals surface area contributed by atoms with Crippen molar-refractivity contribution in [2.45, 2.75) is 46.1 Å². The van der Waals surface area contributed by atoms with Crippen molar-refractivity contribution < 1.29 is 9.47 Å². The van der Waals surface area contributed by atoms with Gasteiger partial charge in [0, 0.05) is 6.04 Å². The SMILES string of the molecule is CCC(CC)COc1ccc(OC)cc1CC(C)N. The van der Waals surface area contributed by atoms with Crippen molar-refractivity contribution in [3.63, 3.8) is 0 Å². The Balaban J connectivity index is 2.80. The van der Waals surface area contributed by atoms with Crippen LogP contribution in [0.2, 0.25) is 0 Å². The highest BCUT2D eigenvalue weighted by Gasteiger charge is 2.10. The highest BCUT2D eigenvalue weighted by Crippen LogP contribution is 2.26. The lowest BCUT2D eigenvalue weighted by Crippen LogP contribution is -2.19. The number of benzene rings is 1. The molecule has 1 atom stereocenters. The Morgan fingerprint density at radius 1 is 1.21 bits per heavy atom. The van der Waals surface area contributed by atoms with Crippen LogP contribution < -0.4 is 15.2 Å². The minimum absolute atomic E-state index is 0.114. The summed E-state index contributed by atoms with van der Waals surface area (Å²) in [5.41, 5.74) is 7.02. The van der Waals surface area contributed by atoms with E-state index in [-0.39, 0.29) is 6.04 Å². The van der Waals surface area contributed by atoms with Crippen LogP contribution in [0.1, 0.15) is 39.2 Å². The summed E-state index contributed by atoms with van der Waals surface area (Å²) in [7, 11) is 1.68. The van der Waals surface area contributed by atoms with Crippen LogP contribution in [0.25, 0.3) is 0 Å². The first kappa shape index (κ1) is 15.8. The Morgan fingerprint density at radius 3 is 2.42 bits per heavy atom. The Kier molecular flexibility index (Phi) is 6.71. The van der Waals surface area contributed by atoms with Gasteiger partial charge in [0.25, 0.3) is 0 Å². The number of hydrogen-bond donors (Lipinski definition) is 1. The summed E-state index contributed by atoms with van der Waals surface area (Å²) in [6, 6.07) is 6.06. The molecule has 1 rings (SSSR count). The van der Waals surface area contributed by atoms with E-state index < -0.39 is 0 Å². The molecule has 0 heterocycles. The summed E-state index contributed by atoms with van der Waals surface area (Å²) in [5, 5.41) is 0. The zero-order valence-electron chi connectivity index (χ0n) is 12.6. The minimum Gasteiger partial charge on any atom is -0.497 e. The van der Waals surface area contributed by atoms with Gasteiger partial charge in [0.2, 0.25) is 0 Å². The monoisotopic (exact) mass is 265 g/mol. The van der Waals surface area contributed by atoms with Gasteiger partial charge in [-0.15, -0.1) is 0 Å². The Labute approximate surface area is 117 Å². The van der Waals surface area contributed by atoms with E-state index in [1.165, 1.54) is 0 Å². The van der Waals surface area contributed by atoms with Crippen molar-refractivity contribution in [2.75, 3.05) is 13.7 Å². The molecule has 0 fully saturated rings. The summed E-state index contributed by atoms with van der Waals surface area (Å²) in [4.78, 5) is 0. The molecule has 3 heteroatoms. The number of hydrogen-bond acceptors (Lipinski definition) is 3. The standard InChI is InChI=1S/C16H27NO2/c1-5-13(6-2)11-19-16-8-7-15(18-4)10-14(16)9-12(3)17/h7-8,10,12-13H,5-6,9,11,17H2,1-4H3. The van der Waals surface area contributed by atoms with Crippen LogP contribution in [0, 0.1) is 5.92 Å². The second-order valence-electron chi connectivity index (χ2n) is 5.15. The molecule has 108 valence electrons. The molecule has 0 radical (unpaired) electrons. The lowest BCUT2D eigenvalue weighted by atomic mass is 10.0. The largest absolute Gasteiger partial charge is 0.497 e. The topological polar surface area (TPSA) is 44.5 Å². The second kappa shape index (κ2) is 8.05. The normalized spacial score (nSPS) is 12.5. The first-order valence-electron chi connectivity index (χ1n) is 7.15. The van der Waals surface area contributed by atoms with Crippen LogP contribution in [-0.2, 0) is 6.42 Å². The average Bonchev–Trinajstić information content (AvgIpc) is 2.40. The van der Waals surface area contributed by atoms with Crippen molar-refractivity contribution in [2.24, 2.45) is 11.7 Å². The van der Waals surface area contributed by atoms with E-state index in [1.54, 1.807) is 7.11 Å². The molecule has 0 aliphatic heterocycles. The number of nitrogens with two attached hydrogens (primary N) is 1. The zero-order valence-corrected chi connectivity index (χ0v) is 12.6. The van der Waals surface area contributed by atoms with Gasteiger partial charge in [-0.05, 0) is 43.0 Å². The molecule has 0 aliphatic rings. The lowest BCUT2D eigenvalue weighted by molar-refractivity contribution is 0.238. The maximum atomic E-state index is 5.97. The van der Waals surface area contributed by atoms with Crippen LogP contribution in [0.3, 0.4) is 0 Å². The van der Waals surface area contributed by atoms with E-state index in [4.69, 9.17) is 15.2 Å². The fourth-order valence-electron chi connectivity index (χ4n) is 2.06. The molecule has 1 aromatic rings. The molecule has 1 unspecified atom stereocenters. The highest BCUT2D eigenvalue weighted by atomic mass is 16.5. The van der Waals surface area contributed by atoms with Gasteiger partial charge in [-0.25, -0.2) is 0 Å². The van der Waals surface area contributed by atoms with Gasteiger partial charge in [-0.2, -0.15) is 0 Å². The molecule has 1 aromatic carbocycles. The van der Waals surface area contributed by atoms with Crippen LogP contribution in [0.5, 0.6) is 11.5 Å². The smallest absolute Gasteiger partial charge is 0.122 e. The molecule has 0 spiro atoms. The highest BCUT2D eigenvalue weighted by molar-refractivity contribution is 5.40. The summed E-state index contributed by atoms with van der Waals surface area (Å²) in [6.07, 6.45) is 3.10. The molecule has 0 saturated carbocycles. The van der Waals surface area contributed by atoms with Crippen molar-refractivity contribution >= 4 is 0 Å². The van der Waals surface area contributed by atoms with Crippen molar-refractivity contribution in [1.82, 2.24) is 0 Å². The molecule has 0 saturated heterocycles. The maximum absolute atomic E-state index is 5.97. The molecule has 0 bridgehead atoms. The second-order valence-corrected chi connectivity index (χ2v) is 5.15. The van der Waals surface area contributed by atoms with Gasteiger partial charge >= 0.3 is 0 Å². The first-order chi connectivity index (χ1) is 9.10. The van der Waals surface area contributed by atoms with Crippen molar-refractivity contribution in [1.29, 1.82) is 0 Å². The van der Waals surface area contributed by atoms with E-state index in [2.05, 4.69) is 13.8 Å². The molecule has 0 amide bonds. The minimum atomic E-state index is 0.114. The van der Waals surface area contributed by atoms with Gasteiger partial charge in [-0.1, -0.05) is 26.7 Å². The molecular formula is C16H27NO2. The van der Waals surface area contributed by atoms with E-state index in [0.717, 1.165) is 42.9 Å². The van der Waals surface area contributed by atoms with Crippen LogP contribution in [-0.4, -0.2) is 19.8 Å². The number of rotatable bonds is 8. The molecule has 3 nitrogen and oxygen atoms in total. The molecule has 2 N–H and O–H groups in total. The van der Waals surface area contributed by atoms with Crippen LogP contribution in [0.4, 0.5) is 0 Å². The summed E-state index contributed by atoms with van der Waals surface area (Å²) in [6.45, 7) is 7.18. The van der Waals surface area contributed by atoms with E-state index in [1.807, 2.05) is 25.1 Å². The molecule has 0 aliphatic carbocycles. The predicted octanol–water partition coefficient (Wildman–Crippen LogP) is 3.40. The van der Waals surface area contributed by atoms with E-state index in [9.17, 15) is 0 Å². The van der Waals surface area contributed by atoms with Crippen molar-refractivity contribution in [3.05, 3.63) is 23.8 Å². The summed E-state index contributed by atoms with van der Waals surface area (Å²) < 4.78 is 11.2. The van der Waals surface area contributed by atoms with Gasteiger partial charge in [-0.3, -0.25) is 0 Å². The number of ether oxygens (including phenoxy) is 2. The quantitative estimate of drug-likeness (QED) is 0.783. The van der Waals surface area contributed by atoms with E-state index in [0.29, 0.717) is 5.92 Å². The summed E-state index contributed by atoms with van der Waals surface area (Å²) >= 11 is 0. The Bertz CT molecular complexity index is 373. The predicted molar refractivity (Wildman–Crippen MR) is 79.9 cm³/mol. The van der Waals surface area contributed by atoms with Gasteiger partial charge in [0.1, 0.15) is 11.5 Å². The average molecular weight is 265 g/mol.